The van der Waals surface area contributed by atoms with Gasteiger partial charge in [-0.05, 0) is 31.5 Å². The maximum Gasteiger partial charge on any atom is 0.333 e. The molecule has 1 aromatic carbocycles. The lowest BCUT2D eigenvalue weighted by molar-refractivity contribution is -0.136. The molecule has 0 heterocycles. The minimum Gasteiger partial charge on any atom is -0.466 e. The first-order chi connectivity index (χ1) is 8.95. The van der Waals surface area contributed by atoms with Gasteiger partial charge in [0.25, 0.3) is 0 Å². The van der Waals surface area contributed by atoms with Crippen LogP contribution in [0.3, 0.4) is 0 Å². The third-order valence-corrected chi connectivity index (χ3v) is 3.33. The molecule has 0 spiro atoms. The fourth-order valence-corrected chi connectivity index (χ4v) is 2.17. The second-order valence-electron chi connectivity index (χ2n) is 4.17. The van der Waals surface area contributed by atoms with Gasteiger partial charge in [0.15, 0.2) is 0 Å². The van der Waals surface area contributed by atoms with E-state index >= 15 is 0 Å². The van der Waals surface area contributed by atoms with Crippen molar-refractivity contribution < 1.29 is 9.53 Å². The number of carbonyl (C=O) groups is 1. The lowest BCUT2D eigenvalue weighted by Crippen LogP contribution is -2.19. The van der Waals surface area contributed by atoms with Crippen LogP contribution in [0.5, 0.6) is 0 Å². The minimum absolute atomic E-state index is 0.0615. The maximum absolute atomic E-state index is 11.2. The highest BCUT2D eigenvalue weighted by Gasteiger charge is 2.09. The maximum atomic E-state index is 11.2. The molecule has 104 valence electrons. The normalized spacial score (nSPS) is 13.2. The number of nitrogens with one attached hydrogen (secondary N) is 1. The Morgan fingerprint density at radius 1 is 1.47 bits per heavy atom. The Balaban J connectivity index is 2.61. The summed E-state index contributed by atoms with van der Waals surface area (Å²) in [5.74, 6) is -0.320. The summed E-state index contributed by atoms with van der Waals surface area (Å²) in [7, 11) is 1.36. The van der Waals surface area contributed by atoms with Gasteiger partial charge in [0.1, 0.15) is 0 Å². The van der Waals surface area contributed by atoms with Crippen molar-refractivity contribution >= 4 is 29.2 Å². The highest BCUT2D eigenvalue weighted by Crippen LogP contribution is 2.25. The minimum atomic E-state index is -0.320. The third kappa shape index (κ3) is 4.86. The van der Waals surface area contributed by atoms with Crippen molar-refractivity contribution in [3.8, 4) is 0 Å². The van der Waals surface area contributed by atoms with Crippen LogP contribution in [0.4, 0.5) is 0 Å². The molecule has 19 heavy (non-hydrogen) atoms. The topological polar surface area (TPSA) is 38.3 Å². The van der Waals surface area contributed by atoms with Crippen molar-refractivity contribution in [2.45, 2.75) is 19.9 Å². The second-order valence-corrected chi connectivity index (χ2v) is 5.02. The van der Waals surface area contributed by atoms with Crippen molar-refractivity contribution in [3.05, 3.63) is 45.5 Å². The fraction of sp³-hybridized carbons (Fsp3) is 0.357. The third-order valence-electron chi connectivity index (χ3n) is 2.77. The van der Waals surface area contributed by atoms with Gasteiger partial charge >= 0.3 is 5.97 Å². The monoisotopic (exact) mass is 301 g/mol. The SMILES string of the molecule is COC(=O)/C(C)=C/CNC(C)c1ccc(Cl)cc1Cl. The van der Waals surface area contributed by atoms with Gasteiger partial charge in [0.05, 0.1) is 7.11 Å². The van der Waals surface area contributed by atoms with Crippen LogP contribution in [0.1, 0.15) is 25.5 Å². The summed E-state index contributed by atoms with van der Waals surface area (Å²) in [5, 5.41) is 4.50. The van der Waals surface area contributed by atoms with E-state index in [-0.39, 0.29) is 12.0 Å². The van der Waals surface area contributed by atoms with Crippen molar-refractivity contribution in [3.63, 3.8) is 0 Å². The standard InChI is InChI=1S/C14H17Cl2NO2/c1-9(14(18)19-3)6-7-17-10(2)12-5-4-11(15)8-13(12)16/h4-6,8,10,17H,7H2,1-3H3/b9-6+. The number of methoxy groups -OCH3 is 1. The molecule has 1 unspecified atom stereocenters. The number of ether oxygens (including phenoxy) is 1. The molecule has 0 aliphatic carbocycles. The van der Waals surface area contributed by atoms with Crippen LogP contribution in [-0.4, -0.2) is 19.6 Å². The zero-order chi connectivity index (χ0) is 14.4. The predicted octanol–water partition coefficient (Wildman–Crippen LogP) is 3.76. The lowest BCUT2D eigenvalue weighted by Gasteiger charge is -2.15. The number of carbonyl (C=O) groups excluding carboxylic acids is 1. The van der Waals surface area contributed by atoms with E-state index in [0.717, 1.165) is 5.56 Å². The molecular formula is C14H17Cl2NO2. The summed E-state index contributed by atoms with van der Waals surface area (Å²) in [6.45, 7) is 4.27. The van der Waals surface area contributed by atoms with Crippen molar-refractivity contribution in [1.82, 2.24) is 5.32 Å². The van der Waals surface area contributed by atoms with Gasteiger partial charge in [0, 0.05) is 28.2 Å². The molecule has 5 heteroatoms. The molecule has 1 atom stereocenters. The number of rotatable bonds is 5. The molecule has 0 saturated heterocycles. The van der Waals surface area contributed by atoms with Crippen LogP contribution < -0.4 is 5.32 Å². The Bertz CT molecular complexity index is 486. The van der Waals surface area contributed by atoms with Gasteiger partial charge < -0.3 is 10.1 Å². The first-order valence-corrected chi connectivity index (χ1v) is 6.64. The van der Waals surface area contributed by atoms with Crippen molar-refractivity contribution in [2.24, 2.45) is 0 Å². The van der Waals surface area contributed by atoms with Crippen LogP contribution >= 0.6 is 23.2 Å². The molecule has 0 aliphatic heterocycles. The zero-order valence-electron chi connectivity index (χ0n) is 11.2. The molecule has 1 aromatic rings. The van der Waals surface area contributed by atoms with Crippen LogP contribution in [0.25, 0.3) is 0 Å². The van der Waals surface area contributed by atoms with E-state index in [1.165, 1.54) is 7.11 Å². The van der Waals surface area contributed by atoms with E-state index in [4.69, 9.17) is 23.2 Å². The van der Waals surface area contributed by atoms with E-state index in [1.54, 1.807) is 25.1 Å². The predicted molar refractivity (Wildman–Crippen MR) is 78.7 cm³/mol. The smallest absolute Gasteiger partial charge is 0.333 e. The van der Waals surface area contributed by atoms with Crippen LogP contribution in [0, 0.1) is 0 Å². The number of esters is 1. The molecule has 0 fully saturated rings. The molecule has 0 radical (unpaired) electrons. The highest BCUT2D eigenvalue weighted by molar-refractivity contribution is 6.35. The van der Waals surface area contributed by atoms with Crippen LogP contribution in [0.15, 0.2) is 29.8 Å². The van der Waals surface area contributed by atoms with E-state index in [1.807, 2.05) is 13.0 Å². The van der Waals surface area contributed by atoms with Gasteiger partial charge in [-0.3, -0.25) is 0 Å². The van der Waals surface area contributed by atoms with E-state index in [2.05, 4.69) is 10.1 Å². The molecule has 1 N–H and O–H groups in total. The Hall–Kier alpha value is -1.03. The molecular weight excluding hydrogens is 285 g/mol. The first kappa shape index (κ1) is 16.0. The molecule has 1 rings (SSSR count). The van der Waals surface area contributed by atoms with Gasteiger partial charge in [-0.25, -0.2) is 4.79 Å². The summed E-state index contributed by atoms with van der Waals surface area (Å²) in [6, 6.07) is 5.47. The van der Waals surface area contributed by atoms with E-state index < -0.39 is 0 Å². The Labute approximate surface area is 123 Å². The quantitative estimate of drug-likeness (QED) is 0.665. The number of halogens is 2. The molecule has 0 saturated carbocycles. The lowest BCUT2D eigenvalue weighted by atomic mass is 10.1. The van der Waals surface area contributed by atoms with Gasteiger partial charge in [-0.15, -0.1) is 0 Å². The van der Waals surface area contributed by atoms with Crippen LogP contribution in [-0.2, 0) is 9.53 Å². The summed E-state index contributed by atoms with van der Waals surface area (Å²) in [5.41, 5.74) is 1.54. The van der Waals surface area contributed by atoms with Gasteiger partial charge in [0.2, 0.25) is 0 Å². The molecule has 0 aliphatic rings. The number of hydrogen-bond acceptors (Lipinski definition) is 3. The van der Waals surface area contributed by atoms with Gasteiger partial charge in [-0.1, -0.05) is 35.3 Å². The Kier molecular flexibility index (Phi) is 6.35. The van der Waals surface area contributed by atoms with Gasteiger partial charge in [-0.2, -0.15) is 0 Å². The van der Waals surface area contributed by atoms with Crippen molar-refractivity contribution in [1.29, 1.82) is 0 Å². The number of hydrogen-bond donors (Lipinski definition) is 1. The molecule has 0 bridgehead atoms. The highest BCUT2D eigenvalue weighted by atomic mass is 35.5. The second kappa shape index (κ2) is 7.53. The Morgan fingerprint density at radius 2 is 2.16 bits per heavy atom. The van der Waals surface area contributed by atoms with E-state index in [0.29, 0.717) is 22.2 Å². The Morgan fingerprint density at radius 3 is 2.74 bits per heavy atom. The summed E-state index contributed by atoms with van der Waals surface area (Å²) < 4.78 is 4.62. The average Bonchev–Trinajstić information content (AvgIpc) is 2.37. The zero-order valence-corrected chi connectivity index (χ0v) is 12.7. The summed E-state index contributed by atoms with van der Waals surface area (Å²) in [6.07, 6.45) is 1.78. The fourth-order valence-electron chi connectivity index (χ4n) is 1.60. The average molecular weight is 302 g/mol. The van der Waals surface area contributed by atoms with E-state index in [9.17, 15) is 4.79 Å². The largest absolute Gasteiger partial charge is 0.466 e. The molecule has 0 aromatic heterocycles. The number of benzene rings is 1. The molecule has 0 amide bonds. The summed E-state index contributed by atoms with van der Waals surface area (Å²) in [4.78, 5) is 11.2. The van der Waals surface area contributed by atoms with Crippen molar-refractivity contribution in [2.75, 3.05) is 13.7 Å². The van der Waals surface area contributed by atoms with Crippen LogP contribution in [0.2, 0.25) is 10.0 Å². The first-order valence-electron chi connectivity index (χ1n) is 5.89. The molecule has 3 nitrogen and oxygen atoms in total. The summed E-state index contributed by atoms with van der Waals surface area (Å²) >= 11 is 12.0.